The van der Waals surface area contributed by atoms with E-state index >= 15 is 0 Å². The van der Waals surface area contributed by atoms with Gasteiger partial charge in [0.2, 0.25) is 0 Å². The molecule has 0 radical (unpaired) electrons. The van der Waals surface area contributed by atoms with Gasteiger partial charge in [-0.1, -0.05) is 41.6 Å². The van der Waals surface area contributed by atoms with Crippen LogP contribution >= 0.6 is 23.4 Å². The van der Waals surface area contributed by atoms with Crippen LogP contribution in [0, 0.1) is 0 Å². The molecule has 146 valence electrons. The first-order valence-electron chi connectivity index (χ1n) is 8.95. The summed E-state index contributed by atoms with van der Waals surface area (Å²) in [6.07, 6.45) is 1.63. The molecular weight excluding hydrogens is 406 g/mol. The van der Waals surface area contributed by atoms with Crippen molar-refractivity contribution in [2.24, 2.45) is 5.10 Å². The highest BCUT2D eigenvalue weighted by Gasteiger charge is 2.20. The van der Waals surface area contributed by atoms with Gasteiger partial charge in [0, 0.05) is 21.9 Å². The summed E-state index contributed by atoms with van der Waals surface area (Å²) in [5, 5.41) is 4.65. The van der Waals surface area contributed by atoms with Crippen molar-refractivity contribution in [1.82, 2.24) is 5.43 Å². The topological polar surface area (TPSA) is 53.9 Å². The molecule has 0 saturated heterocycles. The van der Waals surface area contributed by atoms with Crippen LogP contribution in [0.1, 0.15) is 5.56 Å². The number of carbonyl (C=O) groups excluding carboxylic acids is 1. The fourth-order valence-corrected chi connectivity index (χ4v) is 4.25. The van der Waals surface area contributed by atoms with Crippen LogP contribution in [0.15, 0.2) is 81.6 Å². The van der Waals surface area contributed by atoms with E-state index in [1.54, 1.807) is 42.2 Å². The quantitative estimate of drug-likeness (QED) is 0.458. The van der Waals surface area contributed by atoms with Crippen LogP contribution in [-0.2, 0) is 4.79 Å². The Morgan fingerprint density at radius 2 is 1.86 bits per heavy atom. The van der Waals surface area contributed by atoms with Gasteiger partial charge < -0.3 is 9.64 Å². The van der Waals surface area contributed by atoms with Gasteiger partial charge in [-0.2, -0.15) is 5.10 Å². The molecule has 0 bridgehead atoms. The van der Waals surface area contributed by atoms with E-state index in [2.05, 4.69) is 46.7 Å². The number of ether oxygens (including phenoxy) is 1. The van der Waals surface area contributed by atoms with Gasteiger partial charge in [-0.3, -0.25) is 4.79 Å². The molecule has 1 aliphatic heterocycles. The highest BCUT2D eigenvalue weighted by molar-refractivity contribution is 7.99. The van der Waals surface area contributed by atoms with E-state index in [9.17, 15) is 4.79 Å². The molecule has 1 amide bonds. The number of fused-ring (bicyclic) bond motifs is 2. The Labute approximate surface area is 178 Å². The van der Waals surface area contributed by atoms with Gasteiger partial charge in [-0.15, -0.1) is 0 Å². The predicted molar refractivity (Wildman–Crippen MR) is 118 cm³/mol. The summed E-state index contributed by atoms with van der Waals surface area (Å²) in [5.74, 6) is 0.238. The summed E-state index contributed by atoms with van der Waals surface area (Å²) in [6, 6.07) is 21.2. The van der Waals surface area contributed by atoms with Crippen molar-refractivity contribution < 1.29 is 9.53 Å². The largest absolute Gasteiger partial charge is 0.484 e. The summed E-state index contributed by atoms with van der Waals surface area (Å²) in [6.45, 7) is -0.124. The van der Waals surface area contributed by atoms with E-state index in [1.165, 1.54) is 10.6 Å². The SMILES string of the molecule is CN1c2ccccc2Sc2cc(/C=N/NC(=O)COc3ccc(Cl)cc3)ccc21. The second kappa shape index (κ2) is 8.59. The first kappa shape index (κ1) is 19.4. The van der Waals surface area contributed by atoms with Crippen molar-refractivity contribution in [2.45, 2.75) is 9.79 Å². The molecule has 1 aliphatic rings. The van der Waals surface area contributed by atoms with Gasteiger partial charge in [-0.25, -0.2) is 5.43 Å². The number of nitrogens with zero attached hydrogens (tertiary/aromatic N) is 2. The molecule has 1 N–H and O–H groups in total. The van der Waals surface area contributed by atoms with Crippen molar-refractivity contribution >= 4 is 46.9 Å². The molecule has 0 fully saturated rings. The second-order valence-corrected chi connectivity index (χ2v) is 7.91. The molecule has 5 nitrogen and oxygen atoms in total. The van der Waals surface area contributed by atoms with Crippen molar-refractivity contribution in [3.05, 3.63) is 77.3 Å². The number of nitrogens with one attached hydrogen (secondary N) is 1. The summed E-state index contributed by atoms with van der Waals surface area (Å²) < 4.78 is 5.39. The molecule has 0 saturated carbocycles. The van der Waals surface area contributed by atoms with Gasteiger partial charge in [0.05, 0.1) is 17.6 Å². The number of halogens is 1. The lowest BCUT2D eigenvalue weighted by Crippen LogP contribution is -2.24. The normalized spacial score (nSPS) is 12.4. The molecule has 4 rings (SSSR count). The number of anilines is 2. The van der Waals surface area contributed by atoms with Crippen molar-refractivity contribution in [3.63, 3.8) is 0 Å². The van der Waals surface area contributed by atoms with Gasteiger partial charge >= 0.3 is 0 Å². The van der Waals surface area contributed by atoms with Crippen LogP contribution in [0.3, 0.4) is 0 Å². The Morgan fingerprint density at radius 1 is 1.10 bits per heavy atom. The minimum absolute atomic E-state index is 0.124. The van der Waals surface area contributed by atoms with Gasteiger partial charge in [0.1, 0.15) is 5.75 Å². The highest BCUT2D eigenvalue weighted by Crippen LogP contribution is 2.47. The fourth-order valence-electron chi connectivity index (χ4n) is 2.93. The van der Waals surface area contributed by atoms with E-state index in [-0.39, 0.29) is 12.5 Å². The van der Waals surface area contributed by atoms with Crippen LogP contribution in [0.25, 0.3) is 0 Å². The van der Waals surface area contributed by atoms with E-state index in [0.29, 0.717) is 10.8 Å². The zero-order valence-corrected chi connectivity index (χ0v) is 17.2. The van der Waals surface area contributed by atoms with Crippen LogP contribution in [-0.4, -0.2) is 25.8 Å². The Morgan fingerprint density at radius 3 is 2.69 bits per heavy atom. The summed E-state index contributed by atoms with van der Waals surface area (Å²) in [7, 11) is 2.06. The van der Waals surface area contributed by atoms with E-state index in [1.807, 2.05) is 18.2 Å². The average molecular weight is 424 g/mol. The third kappa shape index (κ3) is 4.55. The Bertz CT molecular complexity index is 1070. The standard InChI is InChI=1S/C22H18ClN3O2S/c1-26-18-4-2-3-5-20(18)29-21-12-15(6-11-19(21)26)13-24-25-22(27)14-28-17-9-7-16(23)8-10-17/h2-13H,14H2,1H3,(H,25,27)/b24-13+. The van der Waals surface area contributed by atoms with Gasteiger partial charge in [0.25, 0.3) is 5.91 Å². The Kier molecular flexibility index (Phi) is 5.74. The molecular formula is C22H18ClN3O2S. The smallest absolute Gasteiger partial charge is 0.277 e. The second-order valence-electron chi connectivity index (χ2n) is 6.39. The van der Waals surface area contributed by atoms with Crippen LogP contribution in [0.4, 0.5) is 11.4 Å². The first-order valence-corrected chi connectivity index (χ1v) is 10.1. The molecule has 0 aromatic heterocycles. The number of para-hydroxylation sites is 1. The lowest BCUT2D eigenvalue weighted by molar-refractivity contribution is -0.123. The minimum atomic E-state index is -0.336. The third-order valence-electron chi connectivity index (χ3n) is 4.38. The molecule has 7 heteroatoms. The average Bonchev–Trinajstić information content (AvgIpc) is 2.73. The van der Waals surface area contributed by atoms with E-state index in [4.69, 9.17) is 16.3 Å². The van der Waals surface area contributed by atoms with Crippen LogP contribution < -0.4 is 15.1 Å². The third-order valence-corrected chi connectivity index (χ3v) is 5.74. The van der Waals surface area contributed by atoms with Crippen molar-refractivity contribution in [3.8, 4) is 5.75 Å². The molecule has 3 aromatic rings. The molecule has 3 aromatic carbocycles. The molecule has 0 aliphatic carbocycles. The zero-order valence-electron chi connectivity index (χ0n) is 15.6. The number of carbonyl (C=O) groups is 1. The maximum Gasteiger partial charge on any atom is 0.277 e. The molecule has 29 heavy (non-hydrogen) atoms. The highest BCUT2D eigenvalue weighted by atomic mass is 35.5. The summed E-state index contributed by atoms with van der Waals surface area (Å²) in [4.78, 5) is 16.4. The number of amides is 1. The Hall–Kier alpha value is -2.96. The zero-order chi connectivity index (χ0) is 20.2. The molecule has 0 atom stereocenters. The Balaban J connectivity index is 1.36. The number of hydrazone groups is 1. The number of hydrogen-bond acceptors (Lipinski definition) is 5. The molecule has 0 spiro atoms. The molecule has 0 unspecified atom stereocenters. The van der Waals surface area contributed by atoms with E-state index < -0.39 is 0 Å². The minimum Gasteiger partial charge on any atom is -0.484 e. The fraction of sp³-hybridized carbons (Fsp3) is 0.0909. The van der Waals surface area contributed by atoms with Crippen LogP contribution in [0.2, 0.25) is 5.02 Å². The number of hydrogen-bond donors (Lipinski definition) is 1. The van der Waals surface area contributed by atoms with Crippen molar-refractivity contribution in [2.75, 3.05) is 18.6 Å². The summed E-state index contributed by atoms with van der Waals surface area (Å²) >= 11 is 7.55. The van der Waals surface area contributed by atoms with Crippen LogP contribution in [0.5, 0.6) is 5.75 Å². The maximum atomic E-state index is 11.9. The molecule has 1 heterocycles. The number of benzene rings is 3. The van der Waals surface area contributed by atoms with E-state index in [0.717, 1.165) is 16.1 Å². The monoisotopic (exact) mass is 423 g/mol. The lowest BCUT2D eigenvalue weighted by atomic mass is 10.2. The van der Waals surface area contributed by atoms with Crippen molar-refractivity contribution in [1.29, 1.82) is 0 Å². The predicted octanol–water partition coefficient (Wildman–Crippen LogP) is 5.10. The van der Waals surface area contributed by atoms with Gasteiger partial charge in [-0.05, 0) is 54.1 Å². The summed E-state index contributed by atoms with van der Waals surface area (Å²) in [5.41, 5.74) is 5.72. The maximum absolute atomic E-state index is 11.9. The lowest BCUT2D eigenvalue weighted by Gasteiger charge is -2.29. The van der Waals surface area contributed by atoms with Gasteiger partial charge in [0.15, 0.2) is 6.61 Å². The first-order chi connectivity index (χ1) is 14.1. The number of rotatable bonds is 5.